The summed E-state index contributed by atoms with van der Waals surface area (Å²) in [5, 5.41) is 12.1. The molecule has 19 heavy (non-hydrogen) atoms. The number of amides is 1. The van der Waals surface area contributed by atoms with Gasteiger partial charge in [-0.05, 0) is 39.3 Å². The van der Waals surface area contributed by atoms with E-state index in [1.165, 1.54) is 10.5 Å². The van der Waals surface area contributed by atoms with Crippen LogP contribution in [-0.2, 0) is 4.79 Å². The van der Waals surface area contributed by atoms with Gasteiger partial charge >= 0.3 is 0 Å². The third-order valence-corrected chi connectivity index (χ3v) is 3.73. The third-order valence-electron chi connectivity index (χ3n) is 2.72. The van der Waals surface area contributed by atoms with E-state index >= 15 is 0 Å². The van der Waals surface area contributed by atoms with Crippen molar-refractivity contribution in [2.75, 3.05) is 5.75 Å². The molecule has 0 saturated carbocycles. The second-order valence-corrected chi connectivity index (χ2v) is 6.13. The molecular formula is C15H23NO2S. The Balaban J connectivity index is 2.21. The first kappa shape index (κ1) is 16.1. The highest BCUT2D eigenvalue weighted by Crippen LogP contribution is 2.18. The zero-order chi connectivity index (χ0) is 14.3. The van der Waals surface area contributed by atoms with E-state index in [4.69, 9.17) is 0 Å². The molecule has 0 heterocycles. The summed E-state index contributed by atoms with van der Waals surface area (Å²) in [5.74, 6) is 0.823. The predicted molar refractivity (Wildman–Crippen MR) is 80.4 cm³/mol. The van der Waals surface area contributed by atoms with Crippen molar-refractivity contribution in [3.8, 4) is 0 Å². The van der Waals surface area contributed by atoms with Gasteiger partial charge in [-0.3, -0.25) is 4.79 Å². The van der Waals surface area contributed by atoms with Gasteiger partial charge in [0.1, 0.15) is 0 Å². The van der Waals surface area contributed by atoms with Crippen molar-refractivity contribution in [2.45, 2.75) is 50.7 Å². The first-order valence-corrected chi connectivity index (χ1v) is 7.63. The van der Waals surface area contributed by atoms with Gasteiger partial charge in [0, 0.05) is 23.1 Å². The number of aryl methyl sites for hydroxylation is 1. The molecule has 1 amide bonds. The van der Waals surface area contributed by atoms with Crippen molar-refractivity contribution in [1.82, 2.24) is 5.32 Å². The molecule has 1 aromatic rings. The molecule has 2 N–H and O–H groups in total. The van der Waals surface area contributed by atoms with Gasteiger partial charge in [0.2, 0.25) is 5.91 Å². The van der Waals surface area contributed by atoms with Crippen LogP contribution in [0.4, 0.5) is 0 Å². The lowest BCUT2D eigenvalue weighted by molar-refractivity contribution is -0.121. The van der Waals surface area contributed by atoms with Crippen molar-refractivity contribution >= 4 is 17.7 Å². The molecule has 0 fully saturated rings. The molecule has 3 nitrogen and oxygen atoms in total. The van der Waals surface area contributed by atoms with E-state index in [0.717, 1.165) is 5.75 Å². The number of carbonyl (C=O) groups is 1. The quantitative estimate of drug-likeness (QED) is 0.756. The normalized spacial score (nSPS) is 13.9. The number of aliphatic hydroxyl groups excluding tert-OH is 1. The van der Waals surface area contributed by atoms with Crippen LogP contribution >= 0.6 is 11.8 Å². The predicted octanol–water partition coefficient (Wildman–Crippen LogP) is 2.75. The highest BCUT2D eigenvalue weighted by Gasteiger charge is 2.09. The molecule has 0 spiro atoms. The maximum Gasteiger partial charge on any atom is 0.221 e. The van der Waals surface area contributed by atoms with Crippen molar-refractivity contribution in [3.63, 3.8) is 0 Å². The molecule has 2 unspecified atom stereocenters. The van der Waals surface area contributed by atoms with Gasteiger partial charge in [-0.2, -0.15) is 0 Å². The van der Waals surface area contributed by atoms with E-state index in [9.17, 15) is 9.90 Å². The number of aliphatic hydroxyl groups is 1. The molecule has 106 valence electrons. The maximum atomic E-state index is 11.7. The molecular weight excluding hydrogens is 258 g/mol. The summed E-state index contributed by atoms with van der Waals surface area (Å²) in [6, 6.07) is 8.33. The number of thioether (sulfide) groups is 1. The number of benzene rings is 1. The van der Waals surface area contributed by atoms with Gasteiger partial charge in [0.05, 0.1) is 6.10 Å². The van der Waals surface area contributed by atoms with E-state index in [-0.39, 0.29) is 18.1 Å². The van der Waals surface area contributed by atoms with E-state index in [1.807, 2.05) is 6.92 Å². The standard InChI is InChI=1S/C15H23NO2S/c1-11-4-6-14(7-5-11)19-9-8-15(18)16-12(2)10-13(3)17/h4-7,12-13,17H,8-10H2,1-3H3,(H,16,18). The minimum atomic E-state index is -0.378. The Bertz CT molecular complexity index is 390. The van der Waals surface area contributed by atoms with Crippen LogP contribution in [0.5, 0.6) is 0 Å². The van der Waals surface area contributed by atoms with Crippen LogP contribution in [0.15, 0.2) is 29.2 Å². The van der Waals surface area contributed by atoms with E-state index in [0.29, 0.717) is 12.8 Å². The lowest BCUT2D eigenvalue weighted by Gasteiger charge is -2.15. The summed E-state index contributed by atoms with van der Waals surface area (Å²) in [6.07, 6.45) is 0.719. The first-order valence-electron chi connectivity index (χ1n) is 6.64. The zero-order valence-corrected chi connectivity index (χ0v) is 12.7. The third kappa shape index (κ3) is 7.23. The van der Waals surface area contributed by atoms with Crippen LogP contribution in [-0.4, -0.2) is 28.9 Å². The second kappa shape index (κ2) is 8.23. The van der Waals surface area contributed by atoms with Gasteiger partial charge in [-0.25, -0.2) is 0 Å². The van der Waals surface area contributed by atoms with Gasteiger partial charge in [0.25, 0.3) is 0 Å². The van der Waals surface area contributed by atoms with Crippen molar-refractivity contribution in [3.05, 3.63) is 29.8 Å². The lowest BCUT2D eigenvalue weighted by atomic mass is 10.1. The maximum absolute atomic E-state index is 11.7. The molecule has 4 heteroatoms. The molecule has 2 atom stereocenters. The average molecular weight is 281 g/mol. The van der Waals surface area contributed by atoms with Crippen LogP contribution in [0, 0.1) is 6.92 Å². The van der Waals surface area contributed by atoms with E-state index in [2.05, 4.69) is 36.5 Å². The summed E-state index contributed by atoms with van der Waals surface area (Å²) >= 11 is 1.69. The minimum Gasteiger partial charge on any atom is -0.393 e. The number of hydrogen-bond acceptors (Lipinski definition) is 3. The molecule has 0 aliphatic rings. The molecule has 0 bridgehead atoms. The first-order chi connectivity index (χ1) is 8.97. The Labute approximate surface area is 119 Å². The number of rotatable bonds is 7. The average Bonchev–Trinajstić information content (AvgIpc) is 2.30. The Hall–Kier alpha value is -1.00. The second-order valence-electron chi connectivity index (χ2n) is 4.96. The van der Waals surface area contributed by atoms with Crippen LogP contribution in [0.25, 0.3) is 0 Å². The molecule has 0 radical (unpaired) electrons. The van der Waals surface area contributed by atoms with Crippen LogP contribution in [0.2, 0.25) is 0 Å². The van der Waals surface area contributed by atoms with Crippen LogP contribution < -0.4 is 5.32 Å². The molecule has 0 aliphatic heterocycles. The highest BCUT2D eigenvalue weighted by molar-refractivity contribution is 7.99. The molecule has 0 saturated heterocycles. The molecule has 1 rings (SSSR count). The SMILES string of the molecule is Cc1ccc(SCCC(=O)NC(C)CC(C)O)cc1. The summed E-state index contributed by atoms with van der Waals surface area (Å²) in [7, 11) is 0. The largest absolute Gasteiger partial charge is 0.393 e. The molecule has 1 aromatic carbocycles. The zero-order valence-electron chi connectivity index (χ0n) is 11.8. The van der Waals surface area contributed by atoms with Gasteiger partial charge < -0.3 is 10.4 Å². The minimum absolute atomic E-state index is 0.0249. The molecule has 0 aliphatic carbocycles. The lowest BCUT2D eigenvalue weighted by Crippen LogP contribution is -2.34. The summed E-state index contributed by atoms with van der Waals surface area (Å²) in [6.45, 7) is 5.71. The number of hydrogen-bond donors (Lipinski definition) is 2. The smallest absolute Gasteiger partial charge is 0.221 e. The van der Waals surface area contributed by atoms with Crippen molar-refractivity contribution in [1.29, 1.82) is 0 Å². The van der Waals surface area contributed by atoms with Gasteiger partial charge in [-0.1, -0.05) is 17.7 Å². The fourth-order valence-corrected chi connectivity index (χ4v) is 2.67. The Morgan fingerprint density at radius 1 is 1.32 bits per heavy atom. The highest BCUT2D eigenvalue weighted by atomic mass is 32.2. The van der Waals surface area contributed by atoms with Gasteiger partial charge in [-0.15, -0.1) is 11.8 Å². The fourth-order valence-electron chi connectivity index (χ4n) is 1.81. The van der Waals surface area contributed by atoms with Crippen molar-refractivity contribution < 1.29 is 9.90 Å². The van der Waals surface area contributed by atoms with E-state index in [1.54, 1.807) is 18.7 Å². The summed E-state index contributed by atoms with van der Waals surface area (Å²) < 4.78 is 0. The van der Waals surface area contributed by atoms with Crippen LogP contribution in [0.1, 0.15) is 32.3 Å². The fraction of sp³-hybridized carbons (Fsp3) is 0.533. The van der Waals surface area contributed by atoms with Crippen LogP contribution in [0.3, 0.4) is 0 Å². The topological polar surface area (TPSA) is 49.3 Å². The number of nitrogens with one attached hydrogen (secondary N) is 1. The monoisotopic (exact) mass is 281 g/mol. The number of carbonyl (C=O) groups excluding carboxylic acids is 1. The Morgan fingerprint density at radius 3 is 2.53 bits per heavy atom. The van der Waals surface area contributed by atoms with Gasteiger partial charge in [0.15, 0.2) is 0 Å². The molecule has 0 aromatic heterocycles. The van der Waals surface area contributed by atoms with Crippen molar-refractivity contribution in [2.24, 2.45) is 0 Å². The Kier molecular flexibility index (Phi) is 6.95. The Morgan fingerprint density at radius 2 is 1.95 bits per heavy atom. The summed E-state index contributed by atoms with van der Waals surface area (Å²) in [4.78, 5) is 12.9. The summed E-state index contributed by atoms with van der Waals surface area (Å²) in [5.41, 5.74) is 1.24. The van der Waals surface area contributed by atoms with E-state index < -0.39 is 0 Å².